The molecule has 0 aliphatic heterocycles. The number of aliphatic hydroxyl groups is 1. The standard InChI is InChI=1S/C15H19ClN2O/c1-9(2)13-12(15(16)18(4)17-13)14(19)11-7-5-6-10(3)8-11/h5-9,14,19H,1-4H3. The summed E-state index contributed by atoms with van der Waals surface area (Å²) in [4.78, 5) is 0. The second-order valence-electron chi connectivity index (χ2n) is 5.18. The van der Waals surface area contributed by atoms with Crippen molar-refractivity contribution in [3.05, 3.63) is 51.8 Å². The van der Waals surface area contributed by atoms with Crippen molar-refractivity contribution in [2.45, 2.75) is 32.8 Å². The molecule has 0 aliphatic carbocycles. The molecule has 0 saturated carbocycles. The molecule has 1 heterocycles. The van der Waals surface area contributed by atoms with Crippen molar-refractivity contribution >= 4 is 11.6 Å². The van der Waals surface area contributed by atoms with Crippen LogP contribution >= 0.6 is 11.6 Å². The van der Waals surface area contributed by atoms with Gasteiger partial charge in [-0.2, -0.15) is 5.10 Å². The van der Waals surface area contributed by atoms with Crippen LogP contribution in [0.5, 0.6) is 0 Å². The lowest BCUT2D eigenvalue weighted by Gasteiger charge is -2.14. The maximum absolute atomic E-state index is 10.6. The Morgan fingerprint density at radius 2 is 2.00 bits per heavy atom. The van der Waals surface area contributed by atoms with E-state index in [9.17, 15) is 5.11 Å². The number of rotatable bonds is 3. The molecule has 0 fully saturated rings. The van der Waals surface area contributed by atoms with Gasteiger partial charge in [0.05, 0.1) is 5.69 Å². The Labute approximate surface area is 118 Å². The number of nitrogens with zero attached hydrogens (tertiary/aromatic N) is 2. The molecule has 1 aromatic carbocycles. The summed E-state index contributed by atoms with van der Waals surface area (Å²) in [5.41, 5.74) is 3.52. The van der Waals surface area contributed by atoms with Gasteiger partial charge in [-0.3, -0.25) is 4.68 Å². The van der Waals surface area contributed by atoms with Gasteiger partial charge < -0.3 is 5.11 Å². The lowest BCUT2D eigenvalue weighted by atomic mass is 9.96. The predicted octanol–water partition coefficient (Wildman–Crippen LogP) is 3.59. The summed E-state index contributed by atoms with van der Waals surface area (Å²) in [6.45, 7) is 6.10. The lowest BCUT2D eigenvalue weighted by molar-refractivity contribution is 0.218. The van der Waals surface area contributed by atoms with Crippen LogP contribution in [0.1, 0.15) is 48.3 Å². The minimum Gasteiger partial charge on any atom is -0.383 e. The van der Waals surface area contributed by atoms with E-state index < -0.39 is 6.10 Å². The highest BCUT2D eigenvalue weighted by Crippen LogP contribution is 2.34. The number of halogens is 1. The third-order valence-electron chi connectivity index (χ3n) is 3.22. The zero-order chi connectivity index (χ0) is 14.2. The van der Waals surface area contributed by atoms with Gasteiger partial charge in [0.1, 0.15) is 11.3 Å². The van der Waals surface area contributed by atoms with Gasteiger partial charge in [0.15, 0.2) is 0 Å². The second-order valence-corrected chi connectivity index (χ2v) is 5.54. The zero-order valence-corrected chi connectivity index (χ0v) is 12.4. The van der Waals surface area contributed by atoms with Crippen molar-refractivity contribution < 1.29 is 5.11 Å². The number of aliphatic hydroxyl groups excluding tert-OH is 1. The van der Waals surface area contributed by atoms with Gasteiger partial charge in [0.25, 0.3) is 0 Å². The fourth-order valence-corrected chi connectivity index (χ4v) is 2.46. The SMILES string of the molecule is Cc1cccc(C(O)c2c(C(C)C)nn(C)c2Cl)c1. The van der Waals surface area contributed by atoms with Crippen molar-refractivity contribution in [2.75, 3.05) is 0 Å². The Kier molecular flexibility index (Phi) is 3.97. The lowest BCUT2D eigenvalue weighted by Crippen LogP contribution is -2.04. The first-order chi connectivity index (χ1) is 8.91. The van der Waals surface area contributed by atoms with Crippen LogP contribution < -0.4 is 0 Å². The highest BCUT2D eigenvalue weighted by Gasteiger charge is 2.24. The fraction of sp³-hybridized carbons (Fsp3) is 0.400. The molecule has 19 heavy (non-hydrogen) atoms. The number of hydrogen-bond acceptors (Lipinski definition) is 2. The van der Waals surface area contributed by atoms with Crippen LogP contribution in [0.4, 0.5) is 0 Å². The predicted molar refractivity (Wildman–Crippen MR) is 77.5 cm³/mol. The average molecular weight is 279 g/mol. The van der Waals surface area contributed by atoms with E-state index in [4.69, 9.17) is 11.6 Å². The molecule has 0 amide bonds. The summed E-state index contributed by atoms with van der Waals surface area (Å²) in [5.74, 6) is 0.216. The van der Waals surface area contributed by atoms with Crippen molar-refractivity contribution in [1.82, 2.24) is 9.78 Å². The molecule has 3 nitrogen and oxygen atoms in total. The van der Waals surface area contributed by atoms with Crippen molar-refractivity contribution in [1.29, 1.82) is 0 Å². The van der Waals surface area contributed by atoms with Crippen molar-refractivity contribution in [2.24, 2.45) is 7.05 Å². The van der Waals surface area contributed by atoms with Gasteiger partial charge in [0, 0.05) is 12.6 Å². The number of aromatic nitrogens is 2. The Morgan fingerprint density at radius 3 is 2.58 bits per heavy atom. The number of aryl methyl sites for hydroxylation is 2. The molecule has 0 spiro atoms. The first-order valence-corrected chi connectivity index (χ1v) is 6.76. The van der Waals surface area contributed by atoms with E-state index in [2.05, 4.69) is 5.10 Å². The summed E-state index contributed by atoms with van der Waals surface area (Å²) in [7, 11) is 1.79. The van der Waals surface area contributed by atoms with E-state index in [0.29, 0.717) is 10.7 Å². The first-order valence-electron chi connectivity index (χ1n) is 6.38. The molecular weight excluding hydrogens is 260 g/mol. The molecule has 0 aliphatic rings. The Morgan fingerprint density at radius 1 is 1.32 bits per heavy atom. The minimum atomic E-state index is -0.738. The second kappa shape index (κ2) is 5.35. The summed E-state index contributed by atoms with van der Waals surface area (Å²) >= 11 is 6.28. The van der Waals surface area contributed by atoms with E-state index in [-0.39, 0.29) is 5.92 Å². The van der Waals surface area contributed by atoms with Gasteiger partial charge in [-0.1, -0.05) is 55.3 Å². The topological polar surface area (TPSA) is 38.1 Å². The third-order valence-corrected chi connectivity index (χ3v) is 3.67. The third kappa shape index (κ3) is 2.67. The minimum absolute atomic E-state index is 0.216. The van der Waals surface area contributed by atoms with Crippen LogP contribution in [0.15, 0.2) is 24.3 Å². The summed E-state index contributed by atoms with van der Waals surface area (Å²) in [6.07, 6.45) is -0.738. The molecule has 102 valence electrons. The summed E-state index contributed by atoms with van der Waals surface area (Å²) < 4.78 is 1.62. The molecule has 2 aromatic rings. The number of hydrogen-bond donors (Lipinski definition) is 1. The van der Waals surface area contributed by atoms with E-state index in [1.54, 1.807) is 11.7 Å². The molecule has 0 saturated heterocycles. The highest BCUT2D eigenvalue weighted by atomic mass is 35.5. The molecule has 1 unspecified atom stereocenters. The molecule has 4 heteroatoms. The molecular formula is C15H19ClN2O. The molecule has 0 radical (unpaired) electrons. The van der Waals surface area contributed by atoms with Crippen LogP contribution in [-0.4, -0.2) is 14.9 Å². The van der Waals surface area contributed by atoms with Gasteiger partial charge in [0.2, 0.25) is 0 Å². The number of benzene rings is 1. The Bertz CT molecular complexity index is 590. The van der Waals surface area contributed by atoms with Gasteiger partial charge >= 0.3 is 0 Å². The Balaban J connectivity index is 2.52. The van der Waals surface area contributed by atoms with E-state index in [1.165, 1.54) is 0 Å². The fourth-order valence-electron chi connectivity index (χ4n) is 2.23. The molecule has 2 rings (SSSR count). The normalized spacial score (nSPS) is 13.0. The first kappa shape index (κ1) is 14.1. The van der Waals surface area contributed by atoms with Gasteiger partial charge in [-0.25, -0.2) is 0 Å². The average Bonchev–Trinajstić information content (AvgIpc) is 2.65. The van der Waals surface area contributed by atoms with Gasteiger partial charge in [-0.15, -0.1) is 0 Å². The Hall–Kier alpha value is -1.32. The maximum atomic E-state index is 10.6. The van der Waals surface area contributed by atoms with Crippen LogP contribution in [0, 0.1) is 6.92 Å². The van der Waals surface area contributed by atoms with E-state index in [1.807, 2.05) is 45.0 Å². The monoisotopic (exact) mass is 278 g/mol. The maximum Gasteiger partial charge on any atom is 0.133 e. The molecule has 1 aromatic heterocycles. The largest absolute Gasteiger partial charge is 0.383 e. The molecule has 1 atom stereocenters. The van der Waals surface area contributed by atoms with E-state index in [0.717, 1.165) is 16.8 Å². The van der Waals surface area contributed by atoms with Crippen LogP contribution in [0.2, 0.25) is 5.15 Å². The smallest absolute Gasteiger partial charge is 0.133 e. The zero-order valence-electron chi connectivity index (χ0n) is 11.7. The van der Waals surface area contributed by atoms with Crippen molar-refractivity contribution in [3.63, 3.8) is 0 Å². The molecule has 1 N–H and O–H groups in total. The van der Waals surface area contributed by atoms with Gasteiger partial charge in [-0.05, 0) is 18.4 Å². The van der Waals surface area contributed by atoms with Crippen molar-refractivity contribution in [3.8, 4) is 0 Å². The quantitative estimate of drug-likeness (QED) is 0.932. The van der Waals surface area contributed by atoms with E-state index >= 15 is 0 Å². The van der Waals surface area contributed by atoms with Crippen LogP contribution in [0.3, 0.4) is 0 Å². The van der Waals surface area contributed by atoms with Crippen LogP contribution in [0.25, 0.3) is 0 Å². The van der Waals surface area contributed by atoms with Crippen LogP contribution in [-0.2, 0) is 7.05 Å². The summed E-state index contributed by atoms with van der Waals surface area (Å²) in [5, 5.41) is 15.5. The highest BCUT2D eigenvalue weighted by molar-refractivity contribution is 6.30. The molecule has 0 bridgehead atoms. The summed E-state index contributed by atoms with van der Waals surface area (Å²) in [6, 6.07) is 7.82.